The average Bonchev–Trinajstić information content (AvgIpc) is 2.93. The van der Waals surface area contributed by atoms with Gasteiger partial charge in [-0.25, -0.2) is 9.97 Å². The number of carbonyl (C=O) groups is 1. The van der Waals surface area contributed by atoms with E-state index in [0.717, 1.165) is 21.8 Å². The molecule has 5 nitrogen and oxygen atoms in total. The molecule has 0 aromatic carbocycles. The predicted molar refractivity (Wildman–Crippen MR) is 94.2 cm³/mol. The van der Waals surface area contributed by atoms with E-state index in [1.54, 1.807) is 12.1 Å². The molecule has 0 bridgehead atoms. The molecule has 0 fully saturated rings. The third-order valence-corrected chi connectivity index (χ3v) is 4.37. The zero-order valence-electron chi connectivity index (χ0n) is 12.3. The van der Waals surface area contributed by atoms with E-state index in [4.69, 9.17) is 5.73 Å². The Morgan fingerprint density at radius 2 is 2.23 bits per heavy atom. The predicted octanol–water partition coefficient (Wildman–Crippen LogP) is 4.01. The molecule has 0 aliphatic heterocycles. The molecule has 0 radical (unpaired) electrons. The first-order valence-electron chi connectivity index (χ1n) is 6.43. The number of thioether (sulfide) groups is 1. The lowest BCUT2D eigenvalue weighted by Crippen LogP contribution is -1.97. The van der Waals surface area contributed by atoms with Crippen molar-refractivity contribution in [2.75, 3.05) is 5.32 Å². The molecule has 2 aromatic heterocycles. The number of nitrogens with two attached hydrogens (primary N) is 1. The number of aldehydes is 1. The van der Waals surface area contributed by atoms with Gasteiger partial charge in [0.15, 0.2) is 11.4 Å². The fraction of sp³-hybridized carbons (Fsp3) is 0.133. The fourth-order valence-electron chi connectivity index (χ4n) is 1.60. The highest BCUT2D eigenvalue weighted by atomic mass is 32.2. The highest BCUT2D eigenvalue weighted by Crippen LogP contribution is 2.35. The maximum Gasteiger partial charge on any atom is 0.188 e. The van der Waals surface area contributed by atoms with E-state index in [-0.39, 0.29) is 0 Å². The second kappa shape index (κ2) is 7.24. The summed E-state index contributed by atoms with van der Waals surface area (Å²) < 4.78 is 0. The van der Waals surface area contributed by atoms with Gasteiger partial charge in [0.05, 0.1) is 10.6 Å². The molecule has 3 N–H and O–H groups in total. The van der Waals surface area contributed by atoms with E-state index < -0.39 is 0 Å². The summed E-state index contributed by atoms with van der Waals surface area (Å²) in [5.41, 5.74) is 7.98. The van der Waals surface area contributed by atoms with Gasteiger partial charge in [0.1, 0.15) is 5.82 Å². The molecule has 0 amide bonds. The van der Waals surface area contributed by atoms with Crippen LogP contribution in [0.25, 0.3) is 4.91 Å². The highest BCUT2D eigenvalue weighted by Gasteiger charge is 2.11. The van der Waals surface area contributed by atoms with Crippen molar-refractivity contribution in [1.29, 1.82) is 0 Å². The SMILES string of the molecule is C=C(C)S/C(=C(/C)N)c1csc(Nc2ccc(C=O)cn2)n1. The number of thiazole rings is 1. The van der Waals surface area contributed by atoms with Gasteiger partial charge in [0.25, 0.3) is 0 Å². The van der Waals surface area contributed by atoms with Crippen molar-refractivity contribution in [3.8, 4) is 0 Å². The molecular weight excluding hydrogens is 316 g/mol. The number of pyridine rings is 1. The van der Waals surface area contributed by atoms with Gasteiger partial charge in [-0.2, -0.15) is 0 Å². The Morgan fingerprint density at radius 3 is 2.77 bits per heavy atom. The fourth-order valence-corrected chi connectivity index (χ4v) is 3.10. The van der Waals surface area contributed by atoms with Crippen LogP contribution in [0.5, 0.6) is 0 Å². The monoisotopic (exact) mass is 332 g/mol. The summed E-state index contributed by atoms with van der Waals surface area (Å²) >= 11 is 2.97. The van der Waals surface area contributed by atoms with Gasteiger partial charge in [-0.1, -0.05) is 18.3 Å². The Balaban J connectivity index is 2.18. The summed E-state index contributed by atoms with van der Waals surface area (Å²) in [7, 11) is 0. The number of carbonyl (C=O) groups excluding carboxylic acids is 1. The van der Waals surface area contributed by atoms with Gasteiger partial charge >= 0.3 is 0 Å². The van der Waals surface area contributed by atoms with Gasteiger partial charge in [-0.05, 0) is 30.9 Å². The molecule has 2 heterocycles. The molecule has 0 saturated heterocycles. The number of allylic oxidation sites excluding steroid dienone is 2. The minimum Gasteiger partial charge on any atom is -0.401 e. The molecule has 7 heteroatoms. The summed E-state index contributed by atoms with van der Waals surface area (Å²) in [5.74, 6) is 0.633. The molecule has 114 valence electrons. The van der Waals surface area contributed by atoms with Crippen molar-refractivity contribution < 1.29 is 4.79 Å². The van der Waals surface area contributed by atoms with Crippen molar-refractivity contribution >= 4 is 45.2 Å². The van der Waals surface area contributed by atoms with Crippen molar-refractivity contribution in [3.05, 3.63) is 52.1 Å². The molecule has 0 saturated carbocycles. The van der Waals surface area contributed by atoms with Gasteiger partial charge in [0.2, 0.25) is 0 Å². The molecule has 22 heavy (non-hydrogen) atoms. The minimum absolute atomic E-state index is 0.534. The van der Waals surface area contributed by atoms with E-state index in [2.05, 4.69) is 21.9 Å². The molecule has 0 aliphatic carbocycles. The maximum absolute atomic E-state index is 10.6. The Hall–Kier alpha value is -2.12. The largest absolute Gasteiger partial charge is 0.401 e. The van der Waals surface area contributed by atoms with Gasteiger partial charge in [-0.3, -0.25) is 4.79 Å². The van der Waals surface area contributed by atoms with Crippen LogP contribution in [0.1, 0.15) is 29.9 Å². The van der Waals surface area contributed by atoms with E-state index in [1.165, 1.54) is 29.3 Å². The quantitative estimate of drug-likeness (QED) is 0.778. The molecule has 0 aliphatic rings. The topological polar surface area (TPSA) is 80.9 Å². The first-order valence-corrected chi connectivity index (χ1v) is 8.13. The summed E-state index contributed by atoms with van der Waals surface area (Å²) in [4.78, 5) is 21.1. The Bertz CT molecular complexity index is 715. The lowest BCUT2D eigenvalue weighted by Gasteiger charge is -2.06. The zero-order valence-corrected chi connectivity index (χ0v) is 13.9. The third kappa shape index (κ3) is 4.19. The van der Waals surface area contributed by atoms with Crippen molar-refractivity contribution in [3.63, 3.8) is 0 Å². The van der Waals surface area contributed by atoms with Crippen molar-refractivity contribution in [1.82, 2.24) is 9.97 Å². The second-order valence-corrected chi connectivity index (χ2v) is 6.74. The smallest absolute Gasteiger partial charge is 0.188 e. The van der Waals surface area contributed by atoms with Gasteiger partial charge < -0.3 is 11.1 Å². The summed E-state index contributed by atoms with van der Waals surface area (Å²) in [6.07, 6.45) is 2.27. The van der Waals surface area contributed by atoms with Crippen LogP contribution in [0.15, 0.2) is 40.9 Å². The van der Waals surface area contributed by atoms with Crippen LogP contribution in [0.4, 0.5) is 10.9 Å². The Labute approximate surface area is 137 Å². The molecule has 2 aromatic rings. The summed E-state index contributed by atoms with van der Waals surface area (Å²) in [5, 5.41) is 5.75. The number of aromatic nitrogens is 2. The minimum atomic E-state index is 0.534. The lowest BCUT2D eigenvalue weighted by molar-refractivity contribution is 0.112. The first kappa shape index (κ1) is 16.3. The number of nitrogens with one attached hydrogen (secondary N) is 1. The van der Waals surface area contributed by atoms with E-state index in [1.807, 2.05) is 19.2 Å². The average molecular weight is 332 g/mol. The number of nitrogens with zero attached hydrogens (tertiary/aromatic N) is 2. The standard InChI is InChI=1S/C15H16N4OS2/c1-9(2)22-14(10(3)16)12-8-21-15(18-12)19-13-5-4-11(7-20)6-17-13/h4-8H,1,16H2,2-3H3,(H,17,18,19)/b14-10-. The van der Waals surface area contributed by atoms with Crippen LogP contribution in [-0.2, 0) is 0 Å². The van der Waals surface area contributed by atoms with Crippen LogP contribution in [0.2, 0.25) is 0 Å². The maximum atomic E-state index is 10.6. The third-order valence-electron chi connectivity index (χ3n) is 2.53. The molecule has 0 unspecified atom stereocenters. The van der Waals surface area contributed by atoms with Crippen molar-refractivity contribution in [2.24, 2.45) is 5.73 Å². The lowest BCUT2D eigenvalue weighted by atomic mass is 10.3. The van der Waals surface area contributed by atoms with E-state index >= 15 is 0 Å². The summed E-state index contributed by atoms with van der Waals surface area (Å²) in [6.45, 7) is 7.66. The van der Waals surface area contributed by atoms with Crippen LogP contribution in [-0.4, -0.2) is 16.3 Å². The molecule has 2 rings (SSSR count). The molecular formula is C15H16N4OS2. The van der Waals surface area contributed by atoms with Gasteiger partial charge in [-0.15, -0.1) is 11.3 Å². The number of hydrogen-bond acceptors (Lipinski definition) is 7. The normalized spacial score (nSPS) is 11.7. The van der Waals surface area contributed by atoms with Crippen LogP contribution >= 0.6 is 23.1 Å². The Kier molecular flexibility index (Phi) is 5.35. The van der Waals surface area contributed by atoms with E-state index in [9.17, 15) is 4.79 Å². The number of anilines is 2. The second-order valence-electron chi connectivity index (χ2n) is 4.57. The molecule has 0 spiro atoms. The van der Waals surface area contributed by atoms with Gasteiger partial charge in [0, 0.05) is 22.8 Å². The zero-order chi connectivity index (χ0) is 16.1. The molecule has 0 atom stereocenters. The highest BCUT2D eigenvalue weighted by molar-refractivity contribution is 8.11. The van der Waals surface area contributed by atoms with Crippen LogP contribution in [0.3, 0.4) is 0 Å². The number of hydrogen-bond donors (Lipinski definition) is 2. The van der Waals surface area contributed by atoms with Crippen molar-refractivity contribution in [2.45, 2.75) is 13.8 Å². The number of rotatable bonds is 6. The van der Waals surface area contributed by atoms with Crippen LogP contribution < -0.4 is 11.1 Å². The van der Waals surface area contributed by atoms with Crippen LogP contribution in [0, 0.1) is 0 Å². The first-order chi connectivity index (χ1) is 10.5. The Morgan fingerprint density at radius 1 is 1.45 bits per heavy atom. The summed E-state index contributed by atoms with van der Waals surface area (Å²) in [6, 6.07) is 3.43. The van der Waals surface area contributed by atoms with E-state index in [0.29, 0.717) is 22.2 Å².